The van der Waals surface area contributed by atoms with Crippen LogP contribution in [-0.2, 0) is 16.0 Å². The predicted molar refractivity (Wildman–Crippen MR) is 97.6 cm³/mol. The van der Waals surface area contributed by atoms with Gasteiger partial charge in [0.25, 0.3) is 0 Å². The van der Waals surface area contributed by atoms with Gasteiger partial charge in [-0.1, -0.05) is 6.07 Å². The fourth-order valence-electron chi connectivity index (χ4n) is 3.62. The molecule has 0 aromatic heterocycles. The minimum absolute atomic E-state index is 0.0217. The molecule has 3 heterocycles. The molecule has 0 radical (unpaired) electrons. The highest BCUT2D eigenvalue weighted by molar-refractivity contribution is 5.97. The molecule has 1 unspecified atom stereocenters. The molecule has 0 spiro atoms. The number of nitrogens with zero attached hydrogens (tertiary/aromatic N) is 4. The van der Waals surface area contributed by atoms with Gasteiger partial charge < -0.3 is 19.4 Å². The molecule has 1 atom stereocenters. The van der Waals surface area contributed by atoms with Gasteiger partial charge >= 0.3 is 0 Å². The largest absolute Gasteiger partial charge is 0.378 e. The second kappa shape index (κ2) is 7.07. The average Bonchev–Trinajstić information content (AvgIpc) is 3.07. The number of amides is 1. The third kappa shape index (κ3) is 3.31. The molecular formula is C19H23FN4O2. The molecule has 1 saturated heterocycles. The Bertz CT molecular complexity index is 758. The number of ether oxygens (including phenoxy) is 1. The summed E-state index contributed by atoms with van der Waals surface area (Å²) in [5.41, 5.74) is 1.72. The van der Waals surface area contributed by atoms with Gasteiger partial charge in [0, 0.05) is 38.6 Å². The van der Waals surface area contributed by atoms with Crippen LogP contribution in [0.4, 0.5) is 10.1 Å². The second-order valence-corrected chi connectivity index (χ2v) is 6.82. The number of hydrogen-bond donors (Lipinski definition) is 0. The van der Waals surface area contributed by atoms with Crippen molar-refractivity contribution < 1.29 is 13.9 Å². The Balaban J connectivity index is 1.48. The van der Waals surface area contributed by atoms with E-state index in [1.54, 1.807) is 11.0 Å². The van der Waals surface area contributed by atoms with E-state index in [1.807, 2.05) is 24.2 Å². The van der Waals surface area contributed by atoms with Crippen molar-refractivity contribution in [3.8, 4) is 0 Å². The average molecular weight is 358 g/mol. The Morgan fingerprint density at radius 2 is 2.12 bits per heavy atom. The number of halogens is 1. The third-order valence-electron chi connectivity index (χ3n) is 5.15. The SMILES string of the molecule is CN1C=CC(N2CCOCC2)=NC1CC(=O)N1CCc2ccc(F)cc21. The lowest BCUT2D eigenvalue weighted by atomic mass is 10.1. The minimum Gasteiger partial charge on any atom is -0.378 e. The Labute approximate surface area is 152 Å². The van der Waals surface area contributed by atoms with Crippen LogP contribution in [0.5, 0.6) is 0 Å². The summed E-state index contributed by atoms with van der Waals surface area (Å²) in [6, 6.07) is 4.67. The van der Waals surface area contributed by atoms with Crippen LogP contribution >= 0.6 is 0 Å². The van der Waals surface area contributed by atoms with Crippen molar-refractivity contribution in [1.82, 2.24) is 9.80 Å². The first-order valence-corrected chi connectivity index (χ1v) is 9.01. The number of benzene rings is 1. The molecule has 3 aliphatic heterocycles. The summed E-state index contributed by atoms with van der Waals surface area (Å²) in [6.45, 7) is 3.62. The maximum atomic E-state index is 13.6. The van der Waals surface area contributed by atoms with Gasteiger partial charge in [0.2, 0.25) is 5.91 Å². The monoisotopic (exact) mass is 358 g/mol. The van der Waals surface area contributed by atoms with Crippen LogP contribution in [0.2, 0.25) is 0 Å². The molecule has 1 aromatic rings. The molecule has 0 N–H and O–H groups in total. The maximum absolute atomic E-state index is 13.6. The zero-order valence-corrected chi connectivity index (χ0v) is 14.9. The number of amidine groups is 1. The van der Waals surface area contributed by atoms with E-state index < -0.39 is 0 Å². The van der Waals surface area contributed by atoms with E-state index in [2.05, 4.69) is 4.90 Å². The van der Waals surface area contributed by atoms with Crippen LogP contribution in [0.3, 0.4) is 0 Å². The molecule has 1 amide bonds. The van der Waals surface area contributed by atoms with Crippen molar-refractivity contribution in [2.45, 2.75) is 19.0 Å². The van der Waals surface area contributed by atoms with Gasteiger partial charge in [-0.05, 0) is 30.2 Å². The molecule has 7 heteroatoms. The number of carbonyl (C=O) groups excluding carboxylic acids is 1. The fourth-order valence-corrected chi connectivity index (χ4v) is 3.62. The van der Waals surface area contributed by atoms with Crippen LogP contribution in [-0.4, -0.2) is 67.6 Å². The molecule has 1 fully saturated rings. The van der Waals surface area contributed by atoms with Crippen molar-refractivity contribution in [3.63, 3.8) is 0 Å². The molecule has 0 bridgehead atoms. The van der Waals surface area contributed by atoms with Gasteiger partial charge in [-0.2, -0.15) is 0 Å². The van der Waals surface area contributed by atoms with Gasteiger partial charge in [0.15, 0.2) is 0 Å². The van der Waals surface area contributed by atoms with Crippen molar-refractivity contribution >= 4 is 17.4 Å². The van der Waals surface area contributed by atoms with Gasteiger partial charge in [-0.3, -0.25) is 4.79 Å². The van der Waals surface area contributed by atoms with E-state index in [0.29, 0.717) is 25.4 Å². The van der Waals surface area contributed by atoms with Crippen molar-refractivity contribution in [2.75, 3.05) is 44.8 Å². The van der Waals surface area contributed by atoms with E-state index in [9.17, 15) is 9.18 Å². The first-order chi connectivity index (χ1) is 12.6. The number of rotatable bonds is 2. The Hall–Kier alpha value is -2.41. The summed E-state index contributed by atoms with van der Waals surface area (Å²) in [7, 11) is 1.92. The van der Waals surface area contributed by atoms with Crippen molar-refractivity contribution in [1.29, 1.82) is 0 Å². The van der Waals surface area contributed by atoms with E-state index >= 15 is 0 Å². The highest BCUT2D eigenvalue weighted by Crippen LogP contribution is 2.30. The summed E-state index contributed by atoms with van der Waals surface area (Å²) in [5, 5.41) is 0. The number of aliphatic imine (C=N–C) groups is 1. The van der Waals surface area contributed by atoms with Crippen LogP contribution in [0.1, 0.15) is 12.0 Å². The zero-order chi connectivity index (χ0) is 18.1. The molecule has 0 saturated carbocycles. The Kier molecular flexibility index (Phi) is 4.63. The summed E-state index contributed by atoms with van der Waals surface area (Å²) < 4.78 is 19.0. The highest BCUT2D eigenvalue weighted by atomic mass is 19.1. The summed E-state index contributed by atoms with van der Waals surface area (Å²) in [6.07, 6.45) is 4.73. The molecule has 4 rings (SSSR count). The highest BCUT2D eigenvalue weighted by Gasteiger charge is 2.29. The van der Waals surface area contributed by atoms with E-state index in [4.69, 9.17) is 9.73 Å². The molecule has 1 aromatic carbocycles. The molecule has 0 aliphatic carbocycles. The predicted octanol–water partition coefficient (Wildman–Crippen LogP) is 1.62. The standard InChI is InChI=1S/C19H23FN4O2/c1-22-6-5-17(23-8-10-26-11-9-23)21-18(22)13-19(25)24-7-4-14-2-3-15(20)12-16(14)24/h2-3,5-6,12,18H,4,7-11,13H2,1H3. The topological polar surface area (TPSA) is 48.4 Å². The zero-order valence-electron chi connectivity index (χ0n) is 14.9. The van der Waals surface area contributed by atoms with Crippen molar-refractivity contribution in [3.05, 3.63) is 41.9 Å². The Morgan fingerprint density at radius 3 is 2.92 bits per heavy atom. The van der Waals surface area contributed by atoms with Crippen LogP contribution in [0, 0.1) is 5.82 Å². The number of morpholine rings is 1. The Morgan fingerprint density at radius 1 is 1.31 bits per heavy atom. The lowest BCUT2D eigenvalue weighted by molar-refractivity contribution is -0.119. The number of fused-ring (bicyclic) bond motifs is 1. The van der Waals surface area contributed by atoms with E-state index in [0.717, 1.165) is 30.9 Å². The number of anilines is 1. The minimum atomic E-state index is -0.311. The number of carbonyl (C=O) groups is 1. The van der Waals surface area contributed by atoms with Crippen LogP contribution < -0.4 is 4.90 Å². The molecular weight excluding hydrogens is 335 g/mol. The smallest absolute Gasteiger partial charge is 0.231 e. The van der Waals surface area contributed by atoms with Gasteiger partial charge in [0.1, 0.15) is 17.8 Å². The first-order valence-electron chi connectivity index (χ1n) is 9.01. The summed E-state index contributed by atoms with van der Waals surface area (Å²) >= 11 is 0. The normalized spacial score (nSPS) is 22.5. The molecule has 6 nitrogen and oxygen atoms in total. The van der Waals surface area contributed by atoms with E-state index in [1.165, 1.54) is 12.1 Å². The molecule has 3 aliphatic rings. The van der Waals surface area contributed by atoms with Gasteiger partial charge in [-0.25, -0.2) is 9.38 Å². The van der Waals surface area contributed by atoms with Crippen LogP contribution in [0.15, 0.2) is 35.5 Å². The lowest BCUT2D eigenvalue weighted by Gasteiger charge is -2.34. The number of hydrogen-bond acceptors (Lipinski definition) is 5. The lowest BCUT2D eigenvalue weighted by Crippen LogP contribution is -2.44. The maximum Gasteiger partial charge on any atom is 0.231 e. The van der Waals surface area contributed by atoms with Crippen LogP contribution in [0.25, 0.3) is 0 Å². The third-order valence-corrected chi connectivity index (χ3v) is 5.15. The molecule has 26 heavy (non-hydrogen) atoms. The second-order valence-electron chi connectivity index (χ2n) is 6.82. The quantitative estimate of drug-likeness (QED) is 0.806. The fraction of sp³-hybridized carbons (Fsp3) is 0.474. The summed E-state index contributed by atoms with van der Waals surface area (Å²) in [4.78, 5) is 23.5. The molecule has 138 valence electrons. The van der Waals surface area contributed by atoms with Crippen molar-refractivity contribution in [2.24, 2.45) is 4.99 Å². The summed E-state index contributed by atoms with van der Waals surface area (Å²) in [5.74, 6) is 0.567. The first kappa shape index (κ1) is 17.0. The van der Waals surface area contributed by atoms with Gasteiger partial charge in [-0.15, -0.1) is 0 Å². The van der Waals surface area contributed by atoms with E-state index in [-0.39, 0.29) is 24.3 Å². The van der Waals surface area contributed by atoms with Gasteiger partial charge in [0.05, 0.1) is 19.6 Å².